The average Bonchev–Trinajstić information content (AvgIpc) is 2.34. The number of Topliss-reactive ketones (excluding diaryl/α,β-unsaturated/α-hetero) is 1. The van der Waals surface area contributed by atoms with Gasteiger partial charge in [-0.25, -0.2) is 0 Å². The van der Waals surface area contributed by atoms with Crippen LogP contribution in [0, 0.1) is 0 Å². The smallest absolute Gasteiger partial charge is 0.133 e. The van der Waals surface area contributed by atoms with Crippen LogP contribution in [0.3, 0.4) is 0 Å². The van der Waals surface area contributed by atoms with E-state index in [-0.39, 0.29) is 0 Å². The van der Waals surface area contributed by atoms with Crippen molar-refractivity contribution in [1.29, 1.82) is 0 Å². The monoisotopic (exact) mass is 218 g/mol. The summed E-state index contributed by atoms with van der Waals surface area (Å²) in [6, 6.07) is 7.84. The van der Waals surface area contributed by atoms with Gasteiger partial charge < -0.3 is 4.74 Å². The Hall–Kier alpha value is -1.57. The number of aryl methyl sites for hydroxylation is 1. The van der Waals surface area contributed by atoms with Crippen LogP contribution in [0.25, 0.3) is 0 Å². The van der Waals surface area contributed by atoms with E-state index in [1.54, 1.807) is 13.2 Å². The second-order valence-corrected chi connectivity index (χ2v) is 3.71. The largest absolute Gasteiger partial charge is 0.497 e. The number of ketones is 1. The van der Waals surface area contributed by atoms with Crippen molar-refractivity contribution in [2.24, 2.45) is 0 Å². The Bertz CT molecular complexity index is 338. The number of hydrogen-bond donors (Lipinski definition) is 0. The zero-order valence-electron chi connectivity index (χ0n) is 9.74. The molecule has 0 spiro atoms. The van der Waals surface area contributed by atoms with E-state index in [1.165, 1.54) is 5.56 Å². The Kier molecular flexibility index (Phi) is 5.34. The highest BCUT2D eigenvalue weighted by Gasteiger charge is 2.01. The molecule has 16 heavy (non-hydrogen) atoms. The summed E-state index contributed by atoms with van der Waals surface area (Å²) in [5.41, 5.74) is 1.17. The van der Waals surface area contributed by atoms with Crippen LogP contribution in [0.1, 0.15) is 24.8 Å². The third-order valence-corrected chi connectivity index (χ3v) is 2.48. The topological polar surface area (TPSA) is 26.3 Å². The van der Waals surface area contributed by atoms with Gasteiger partial charge in [0, 0.05) is 12.8 Å². The first-order valence-corrected chi connectivity index (χ1v) is 5.52. The standard InChI is InChI=1S/C14H18O2/c1-3-4-5-13(15)9-6-12-7-10-14(16-2)11-8-12/h3,7-8,10-11H,1,4-6,9H2,2H3. The molecule has 0 aliphatic rings. The summed E-state index contributed by atoms with van der Waals surface area (Å²) in [5.74, 6) is 1.15. The molecule has 0 saturated heterocycles. The molecule has 86 valence electrons. The van der Waals surface area contributed by atoms with Crippen LogP contribution in [-0.2, 0) is 11.2 Å². The third-order valence-electron chi connectivity index (χ3n) is 2.48. The number of carbonyl (C=O) groups excluding carboxylic acids is 1. The van der Waals surface area contributed by atoms with Crippen molar-refractivity contribution in [2.45, 2.75) is 25.7 Å². The molecule has 2 heteroatoms. The Balaban J connectivity index is 2.36. The second-order valence-electron chi connectivity index (χ2n) is 3.71. The average molecular weight is 218 g/mol. The lowest BCUT2D eigenvalue weighted by Crippen LogP contribution is -1.99. The second kappa shape index (κ2) is 6.83. The van der Waals surface area contributed by atoms with Gasteiger partial charge in [-0.05, 0) is 30.5 Å². The quantitative estimate of drug-likeness (QED) is 0.657. The van der Waals surface area contributed by atoms with E-state index in [1.807, 2.05) is 24.3 Å². The minimum atomic E-state index is 0.302. The third kappa shape index (κ3) is 4.30. The number of ether oxygens (including phenoxy) is 1. The molecular formula is C14H18O2. The maximum Gasteiger partial charge on any atom is 0.133 e. The van der Waals surface area contributed by atoms with E-state index in [0.29, 0.717) is 18.6 Å². The van der Waals surface area contributed by atoms with Crippen molar-refractivity contribution in [3.05, 3.63) is 42.5 Å². The van der Waals surface area contributed by atoms with Gasteiger partial charge in [0.15, 0.2) is 0 Å². The molecule has 1 aromatic carbocycles. The zero-order chi connectivity index (χ0) is 11.8. The molecule has 0 N–H and O–H groups in total. The van der Waals surface area contributed by atoms with Crippen LogP contribution in [0.4, 0.5) is 0 Å². The summed E-state index contributed by atoms with van der Waals surface area (Å²) < 4.78 is 5.07. The van der Waals surface area contributed by atoms with Crippen LogP contribution < -0.4 is 4.74 Å². The number of allylic oxidation sites excluding steroid dienone is 1. The van der Waals surface area contributed by atoms with Crippen LogP contribution in [0.2, 0.25) is 0 Å². The number of methoxy groups -OCH3 is 1. The van der Waals surface area contributed by atoms with Crippen LogP contribution >= 0.6 is 0 Å². The first-order valence-electron chi connectivity index (χ1n) is 5.52. The van der Waals surface area contributed by atoms with Gasteiger partial charge in [-0.2, -0.15) is 0 Å². The van der Waals surface area contributed by atoms with Crippen molar-refractivity contribution < 1.29 is 9.53 Å². The van der Waals surface area contributed by atoms with E-state index in [2.05, 4.69) is 6.58 Å². The lowest BCUT2D eigenvalue weighted by molar-refractivity contribution is -0.118. The highest BCUT2D eigenvalue weighted by molar-refractivity contribution is 5.78. The van der Waals surface area contributed by atoms with Gasteiger partial charge in [-0.1, -0.05) is 18.2 Å². The predicted octanol–water partition coefficient (Wildman–Crippen LogP) is 3.16. The van der Waals surface area contributed by atoms with Crippen LogP contribution in [-0.4, -0.2) is 12.9 Å². The summed E-state index contributed by atoms with van der Waals surface area (Å²) in [7, 11) is 1.65. The van der Waals surface area contributed by atoms with E-state index in [4.69, 9.17) is 4.74 Å². The van der Waals surface area contributed by atoms with Gasteiger partial charge in [0.05, 0.1) is 7.11 Å². The molecular weight excluding hydrogens is 200 g/mol. The van der Waals surface area contributed by atoms with E-state index in [0.717, 1.165) is 18.6 Å². The summed E-state index contributed by atoms with van der Waals surface area (Å²) >= 11 is 0. The summed E-state index contributed by atoms with van der Waals surface area (Å²) in [6.07, 6.45) is 4.59. The molecule has 1 aromatic rings. The normalized spacial score (nSPS) is 9.81. The SMILES string of the molecule is C=CCCC(=O)CCc1ccc(OC)cc1. The first-order chi connectivity index (χ1) is 7.76. The molecule has 0 saturated carbocycles. The molecule has 0 aliphatic carbocycles. The molecule has 1 rings (SSSR count). The summed E-state index contributed by atoms with van der Waals surface area (Å²) in [6.45, 7) is 3.60. The molecule has 0 atom stereocenters. The fourth-order valence-electron chi connectivity index (χ4n) is 1.46. The Labute approximate surface area is 96.9 Å². The zero-order valence-corrected chi connectivity index (χ0v) is 9.74. The molecule has 0 fully saturated rings. The predicted molar refractivity (Wildman–Crippen MR) is 65.8 cm³/mol. The molecule has 0 aliphatic heterocycles. The Morgan fingerprint density at radius 2 is 2.00 bits per heavy atom. The molecule has 0 heterocycles. The van der Waals surface area contributed by atoms with Crippen molar-refractivity contribution in [3.63, 3.8) is 0 Å². The van der Waals surface area contributed by atoms with Gasteiger partial charge >= 0.3 is 0 Å². The fraction of sp³-hybridized carbons (Fsp3) is 0.357. The van der Waals surface area contributed by atoms with E-state index in [9.17, 15) is 4.79 Å². The molecule has 2 nitrogen and oxygen atoms in total. The van der Waals surface area contributed by atoms with Gasteiger partial charge in [-0.3, -0.25) is 4.79 Å². The first kappa shape index (κ1) is 12.5. The van der Waals surface area contributed by atoms with Crippen molar-refractivity contribution >= 4 is 5.78 Å². The Morgan fingerprint density at radius 3 is 2.56 bits per heavy atom. The van der Waals surface area contributed by atoms with Gasteiger partial charge in [0.25, 0.3) is 0 Å². The van der Waals surface area contributed by atoms with Crippen molar-refractivity contribution in [2.75, 3.05) is 7.11 Å². The van der Waals surface area contributed by atoms with E-state index >= 15 is 0 Å². The van der Waals surface area contributed by atoms with Gasteiger partial charge in [-0.15, -0.1) is 6.58 Å². The van der Waals surface area contributed by atoms with Crippen molar-refractivity contribution in [3.8, 4) is 5.75 Å². The Morgan fingerprint density at radius 1 is 1.31 bits per heavy atom. The highest BCUT2D eigenvalue weighted by atomic mass is 16.5. The molecule has 0 radical (unpaired) electrons. The molecule has 0 amide bonds. The fourth-order valence-corrected chi connectivity index (χ4v) is 1.46. The number of benzene rings is 1. The number of hydrogen-bond acceptors (Lipinski definition) is 2. The van der Waals surface area contributed by atoms with Gasteiger partial charge in [0.2, 0.25) is 0 Å². The lowest BCUT2D eigenvalue weighted by atomic mass is 10.1. The number of rotatable bonds is 7. The molecule has 0 aromatic heterocycles. The van der Waals surface area contributed by atoms with Crippen LogP contribution in [0.15, 0.2) is 36.9 Å². The van der Waals surface area contributed by atoms with Gasteiger partial charge in [0.1, 0.15) is 11.5 Å². The van der Waals surface area contributed by atoms with E-state index < -0.39 is 0 Å². The maximum absolute atomic E-state index is 11.4. The minimum absolute atomic E-state index is 0.302. The number of carbonyl (C=O) groups is 1. The van der Waals surface area contributed by atoms with Crippen molar-refractivity contribution in [1.82, 2.24) is 0 Å². The maximum atomic E-state index is 11.4. The van der Waals surface area contributed by atoms with Crippen LogP contribution in [0.5, 0.6) is 5.75 Å². The molecule has 0 bridgehead atoms. The highest BCUT2D eigenvalue weighted by Crippen LogP contribution is 2.13. The molecule has 0 unspecified atom stereocenters. The minimum Gasteiger partial charge on any atom is -0.497 e. The summed E-state index contributed by atoms with van der Waals surface area (Å²) in [5, 5.41) is 0. The lowest BCUT2D eigenvalue weighted by Gasteiger charge is -2.02. The summed E-state index contributed by atoms with van der Waals surface area (Å²) in [4.78, 5) is 11.4.